The fraction of sp³-hybridized carbons (Fsp3) is 0.583. The van der Waals surface area contributed by atoms with Crippen LogP contribution in [-0.2, 0) is 0 Å². The number of aliphatic hydroxyl groups is 1. The lowest BCUT2D eigenvalue weighted by Gasteiger charge is -2.20. The summed E-state index contributed by atoms with van der Waals surface area (Å²) in [5.41, 5.74) is 0.321. The Kier molecular flexibility index (Phi) is 2.44. The highest BCUT2D eigenvalue weighted by molar-refractivity contribution is 5.47. The number of aliphatic hydroxyl groups excluding tert-OH is 1. The molecule has 6 nitrogen and oxygen atoms in total. The SMILES string of the molecule is OCC1[C@H]2CN(c3ccc4nnc(C(F)F)n4n3)C[C@@H]12. The Labute approximate surface area is 113 Å². The van der Waals surface area contributed by atoms with Gasteiger partial charge in [0.25, 0.3) is 6.43 Å². The molecule has 2 aliphatic rings. The minimum atomic E-state index is -2.70. The maximum absolute atomic E-state index is 12.8. The highest BCUT2D eigenvalue weighted by atomic mass is 19.3. The molecule has 1 saturated heterocycles. The lowest BCUT2D eigenvalue weighted by atomic mass is 10.3. The summed E-state index contributed by atoms with van der Waals surface area (Å²) in [6.07, 6.45) is -2.70. The zero-order valence-corrected chi connectivity index (χ0v) is 10.5. The molecule has 1 saturated carbocycles. The van der Waals surface area contributed by atoms with E-state index >= 15 is 0 Å². The standard InChI is InChI=1S/C12H13F2N5O/c13-11(14)12-16-15-9-1-2-10(17-19(9)12)18-3-6-7(4-18)8(6)5-20/h1-2,6-8,11,20H,3-5H2/t6-,7+,8?. The van der Waals surface area contributed by atoms with Crippen molar-refractivity contribution in [1.82, 2.24) is 19.8 Å². The van der Waals surface area contributed by atoms with E-state index in [2.05, 4.69) is 20.2 Å². The van der Waals surface area contributed by atoms with Gasteiger partial charge in [0.05, 0.1) is 0 Å². The predicted molar refractivity (Wildman–Crippen MR) is 65.5 cm³/mol. The fourth-order valence-electron chi connectivity index (χ4n) is 3.21. The Morgan fingerprint density at radius 1 is 1.25 bits per heavy atom. The third-order valence-corrected chi connectivity index (χ3v) is 4.37. The molecule has 0 aromatic carbocycles. The van der Waals surface area contributed by atoms with Crippen molar-refractivity contribution in [1.29, 1.82) is 0 Å². The summed E-state index contributed by atoms with van der Waals surface area (Å²) < 4.78 is 26.7. The van der Waals surface area contributed by atoms with Crippen molar-refractivity contribution in [3.05, 3.63) is 18.0 Å². The van der Waals surface area contributed by atoms with Crippen LogP contribution in [0.3, 0.4) is 0 Å². The number of anilines is 1. The molecular formula is C12H13F2N5O. The molecule has 0 amide bonds. The molecule has 0 bridgehead atoms. The van der Waals surface area contributed by atoms with Gasteiger partial charge in [0.15, 0.2) is 5.65 Å². The molecule has 3 heterocycles. The van der Waals surface area contributed by atoms with Crippen molar-refractivity contribution in [3.63, 3.8) is 0 Å². The van der Waals surface area contributed by atoms with Gasteiger partial charge in [-0.2, -0.15) is 4.52 Å². The number of rotatable bonds is 3. The van der Waals surface area contributed by atoms with E-state index in [4.69, 9.17) is 5.11 Å². The third kappa shape index (κ3) is 1.60. The van der Waals surface area contributed by atoms with Gasteiger partial charge in [-0.3, -0.25) is 0 Å². The van der Waals surface area contributed by atoms with Gasteiger partial charge in [0.1, 0.15) is 5.82 Å². The van der Waals surface area contributed by atoms with Crippen molar-refractivity contribution >= 4 is 11.5 Å². The minimum Gasteiger partial charge on any atom is -0.396 e. The first-order valence-corrected chi connectivity index (χ1v) is 6.55. The zero-order valence-electron chi connectivity index (χ0n) is 10.5. The molecular weight excluding hydrogens is 268 g/mol. The summed E-state index contributed by atoms with van der Waals surface area (Å²) in [5.74, 6) is 1.64. The molecule has 0 radical (unpaired) electrons. The van der Waals surface area contributed by atoms with Crippen LogP contribution in [0.15, 0.2) is 12.1 Å². The van der Waals surface area contributed by atoms with Crippen LogP contribution in [0.4, 0.5) is 14.6 Å². The number of nitrogens with zero attached hydrogens (tertiary/aromatic N) is 5. The Morgan fingerprint density at radius 3 is 2.65 bits per heavy atom. The molecule has 3 atom stereocenters. The first-order valence-electron chi connectivity index (χ1n) is 6.55. The normalized spacial score (nSPS) is 28.4. The minimum absolute atomic E-state index is 0.233. The molecule has 1 N–H and O–H groups in total. The van der Waals surface area contributed by atoms with Gasteiger partial charge >= 0.3 is 0 Å². The summed E-state index contributed by atoms with van der Waals surface area (Å²) in [6, 6.07) is 3.42. The fourth-order valence-corrected chi connectivity index (χ4v) is 3.21. The number of hydrogen-bond donors (Lipinski definition) is 1. The van der Waals surface area contributed by atoms with E-state index in [1.165, 1.54) is 0 Å². The Morgan fingerprint density at radius 2 is 2.00 bits per heavy atom. The summed E-state index contributed by atoms with van der Waals surface area (Å²) in [5, 5.41) is 20.5. The van der Waals surface area contributed by atoms with E-state index in [1.54, 1.807) is 12.1 Å². The summed E-state index contributed by atoms with van der Waals surface area (Å²) in [6.45, 7) is 1.87. The van der Waals surface area contributed by atoms with E-state index in [-0.39, 0.29) is 6.61 Å². The van der Waals surface area contributed by atoms with Crippen LogP contribution in [-0.4, -0.2) is 44.6 Å². The number of hydrogen-bond acceptors (Lipinski definition) is 5. The van der Waals surface area contributed by atoms with Gasteiger partial charge in [0.2, 0.25) is 5.82 Å². The second-order valence-electron chi connectivity index (χ2n) is 5.40. The van der Waals surface area contributed by atoms with Crippen molar-refractivity contribution in [2.75, 3.05) is 24.6 Å². The smallest absolute Gasteiger partial charge is 0.299 e. The molecule has 2 aromatic rings. The lowest BCUT2D eigenvalue weighted by Crippen LogP contribution is -2.26. The third-order valence-electron chi connectivity index (χ3n) is 4.37. The molecule has 2 aromatic heterocycles. The summed E-state index contributed by atoms with van der Waals surface area (Å²) in [4.78, 5) is 2.07. The summed E-state index contributed by atoms with van der Waals surface area (Å²) in [7, 11) is 0. The largest absolute Gasteiger partial charge is 0.396 e. The van der Waals surface area contributed by atoms with Gasteiger partial charge < -0.3 is 10.0 Å². The zero-order chi connectivity index (χ0) is 13.9. The maximum Gasteiger partial charge on any atom is 0.299 e. The molecule has 0 spiro atoms. The van der Waals surface area contributed by atoms with Gasteiger partial charge in [-0.15, -0.1) is 15.3 Å². The highest BCUT2D eigenvalue weighted by Gasteiger charge is 2.55. The monoisotopic (exact) mass is 281 g/mol. The first kappa shape index (κ1) is 12.0. The molecule has 1 unspecified atom stereocenters. The number of halogens is 2. The second kappa shape index (κ2) is 4.08. The average molecular weight is 281 g/mol. The second-order valence-corrected chi connectivity index (χ2v) is 5.40. The van der Waals surface area contributed by atoms with Crippen LogP contribution >= 0.6 is 0 Å². The maximum atomic E-state index is 12.8. The number of fused-ring (bicyclic) bond motifs is 2. The van der Waals surface area contributed by atoms with E-state index < -0.39 is 12.2 Å². The molecule has 8 heteroatoms. The topological polar surface area (TPSA) is 66.5 Å². The van der Waals surface area contributed by atoms with E-state index in [0.29, 0.717) is 29.2 Å². The number of piperidine rings is 1. The van der Waals surface area contributed by atoms with Crippen LogP contribution in [0.2, 0.25) is 0 Å². The van der Waals surface area contributed by atoms with Crippen molar-refractivity contribution in [2.45, 2.75) is 6.43 Å². The van der Waals surface area contributed by atoms with Gasteiger partial charge in [-0.1, -0.05) is 0 Å². The Hall–Kier alpha value is -1.83. The molecule has 1 aliphatic heterocycles. The molecule has 4 rings (SSSR count). The van der Waals surface area contributed by atoms with Gasteiger partial charge in [0, 0.05) is 19.7 Å². The van der Waals surface area contributed by atoms with Crippen molar-refractivity contribution in [2.24, 2.45) is 17.8 Å². The average Bonchev–Trinajstić information content (AvgIpc) is 2.83. The summed E-state index contributed by atoms with van der Waals surface area (Å²) >= 11 is 0. The number of aromatic nitrogens is 4. The van der Waals surface area contributed by atoms with Gasteiger partial charge in [-0.05, 0) is 29.9 Å². The highest BCUT2D eigenvalue weighted by Crippen LogP contribution is 2.51. The quantitative estimate of drug-likeness (QED) is 0.898. The van der Waals surface area contributed by atoms with Crippen LogP contribution in [0, 0.1) is 17.8 Å². The predicted octanol–water partition coefficient (Wildman–Crippen LogP) is 0.736. The van der Waals surface area contributed by atoms with Crippen LogP contribution in [0.1, 0.15) is 12.2 Å². The molecule has 2 fully saturated rings. The Balaban J connectivity index is 1.63. The lowest BCUT2D eigenvalue weighted by molar-refractivity contribution is 0.137. The van der Waals surface area contributed by atoms with E-state index in [1.807, 2.05) is 0 Å². The molecule has 1 aliphatic carbocycles. The Bertz CT molecular complexity index is 648. The molecule has 106 valence electrons. The first-order chi connectivity index (χ1) is 9.69. The number of alkyl halides is 2. The van der Waals surface area contributed by atoms with E-state index in [9.17, 15) is 8.78 Å². The van der Waals surface area contributed by atoms with Gasteiger partial charge in [-0.25, -0.2) is 8.78 Å². The van der Waals surface area contributed by atoms with Crippen LogP contribution in [0.5, 0.6) is 0 Å². The van der Waals surface area contributed by atoms with Crippen LogP contribution < -0.4 is 4.90 Å². The van der Waals surface area contributed by atoms with Crippen molar-refractivity contribution in [3.8, 4) is 0 Å². The molecule has 20 heavy (non-hydrogen) atoms. The van der Waals surface area contributed by atoms with Crippen LogP contribution in [0.25, 0.3) is 5.65 Å². The van der Waals surface area contributed by atoms with Crippen molar-refractivity contribution < 1.29 is 13.9 Å². The van der Waals surface area contributed by atoms with E-state index in [0.717, 1.165) is 17.6 Å².